The second-order valence-electron chi connectivity index (χ2n) is 10.3. The van der Waals surface area contributed by atoms with Gasteiger partial charge >= 0.3 is 5.95 Å². The summed E-state index contributed by atoms with van der Waals surface area (Å²) in [6.07, 6.45) is 27.1. The Morgan fingerprint density at radius 3 is 1.36 bits per heavy atom. The average molecular weight is 513 g/mol. The fraction of sp³-hybridized carbons (Fsp3) is 0.938. The van der Waals surface area contributed by atoms with Crippen LogP contribution in [0, 0.1) is 0 Å². The molecular weight excluding hydrogens is 448 g/mol. The normalized spacial score (nSPS) is 12.0. The van der Waals surface area contributed by atoms with Crippen molar-refractivity contribution in [2.24, 2.45) is 0 Å². The first-order valence-electron chi connectivity index (χ1n) is 16.0. The summed E-state index contributed by atoms with van der Waals surface area (Å²) in [5, 5.41) is 0. The maximum Gasteiger partial charge on any atom is 0.321 e. The molecule has 0 aliphatic carbocycles. The Morgan fingerprint density at radius 2 is 0.806 bits per heavy atom. The van der Waals surface area contributed by atoms with Gasteiger partial charge in [-0.05, 0) is 25.7 Å². The van der Waals surface area contributed by atoms with Crippen molar-refractivity contribution < 1.29 is 18.9 Å². The first-order chi connectivity index (χ1) is 17.8. The number of ether oxygens (including phenoxy) is 4. The minimum Gasteiger partial charge on any atom is -0.491 e. The first kappa shape index (κ1) is 35.1. The van der Waals surface area contributed by atoms with E-state index in [-0.39, 0.29) is 6.79 Å². The maximum absolute atomic E-state index is 6.29. The molecule has 4 heteroatoms. The van der Waals surface area contributed by atoms with E-state index >= 15 is 0 Å². The van der Waals surface area contributed by atoms with Crippen molar-refractivity contribution in [1.82, 2.24) is 0 Å². The number of hydrogen-bond donors (Lipinski definition) is 0. The fourth-order valence-corrected chi connectivity index (χ4v) is 4.23. The van der Waals surface area contributed by atoms with Gasteiger partial charge < -0.3 is 18.9 Å². The van der Waals surface area contributed by atoms with Gasteiger partial charge in [-0.15, -0.1) is 0 Å². The maximum atomic E-state index is 6.29. The summed E-state index contributed by atoms with van der Waals surface area (Å²) in [4.78, 5) is 0. The molecule has 0 atom stereocenters. The Hall–Kier alpha value is -0.900. The highest BCUT2D eigenvalue weighted by atomic mass is 16.7. The summed E-state index contributed by atoms with van der Waals surface area (Å²) in [5.41, 5.74) is 0. The summed E-state index contributed by atoms with van der Waals surface area (Å²) in [6, 6.07) is 0. The van der Waals surface area contributed by atoms with E-state index < -0.39 is 0 Å². The molecule has 0 saturated carbocycles. The van der Waals surface area contributed by atoms with Crippen LogP contribution >= 0.6 is 0 Å². The molecule has 0 aliphatic heterocycles. The smallest absolute Gasteiger partial charge is 0.321 e. The molecule has 36 heavy (non-hydrogen) atoms. The molecule has 216 valence electrons. The van der Waals surface area contributed by atoms with Crippen LogP contribution in [0.1, 0.15) is 169 Å². The summed E-state index contributed by atoms with van der Waals surface area (Å²) in [6.45, 7) is 11.4. The molecule has 0 heterocycles. The molecule has 0 aromatic carbocycles. The number of allylic oxidation sites excluding steroid dienone is 1. The second-order valence-corrected chi connectivity index (χ2v) is 10.3. The molecule has 0 aromatic rings. The van der Waals surface area contributed by atoms with Crippen molar-refractivity contribution in [3.05, 3.63) is 11.7 Å². The topological polar surface area (TPSA) is 36.9 Å². The summed E-state index contributed by atoms with van der Waals surface area (Å²) in [7, 11) is 0. The van der Waals surface area contributed by atoms with Crippen molar-refractivity contribution in [3.8, 4) is 0 Å². The largest absolute Gasteiger partial charge is 0.491 e. The molecule has 0 aromatic heterocycles. The van der Waals surface area contributed by atoms with E-state index in [9.17, 15) is 0 Å². The van der Waals surface area contributed by atoms with Crippen LogP contribution in [0.15, 0.2) is 11.7 Å². The van der Waals surface area contributed by atoms with Gasteiger partial charge in [-0.3, -0.25) is 0 Å². The molecule has 0 radical (unpaired) electrons. The predicted molar refractivity (Wildman–Crippen MR) is 155 cm³/mol. The third-order valence-corrected chi connectivity index (χ3v) is 6.66. The molecule has 0 rings (SSSR count). The predicted octanol–water partition coefficient (Wildman–Crippen LogP) is 10.8. The molecule has 0 saturated heterocycles. The number of rotatable bonds is 30. The van der Waals surface area contributed by atoms with E-state index in [0.717, 1.165) is 51.1 Å². The van der Waals surface area contributed by atoms with Gasteiger partial charge in [-0.25, -0.2) is 0 Å². The average Bonchev–Trinajstić information content (AvgIpc) is 2.89. The molecule has 0 N–H and O–H groups in total. The molecule has 0 amide bonds. The van der Waals surface area contributed by atoms with Crippen molar-refractivity contribution in [3.63, 3.8) is 0 Å². The highest BCUT2D eigenvalue weighted by Crippen LogP contribution is 2.20. The Balaban J connectivity index is 4.70. The van der Waals surface area contributed by atoms with Crippen LogP contribution in [0.4, 0.5) is 0 Å². The molecular formula is C32H64O4. The van der Waals surface area contributed by atoms with Crippen molar-refractivity contribution >= 4 is 0 Å². The zero-order chi connectivity index (χ0) is 26.4. The van der Waals surface area contributed by atoms with Gasteiger partial charge in [-0.1, -0.05) is 137 Å². The Morgan fingerprint density at radius 1 is 0.389 bits per heavy atom. The van der Waals surface area contributed by atoms with Crippen molar-refractivity contribution in [2.75, 3.05) is 26.6 Å². The van der Waals surface area contributed by atoms with Gasteiger partial charge in [0.2, 0.25) is 0 Å². The standard InChI is InChI=1S/C32H64O4/c1-5-9-13-16-18-20-24-28-34-31(26-22-12-8-4)32(36-30-33-27-23-15-11-7-3)35-29-25-21-19-17-14-10-6-2/h5-30H2,1-4H3. The van der Waals surface area contributed by atoms with Gasteiger partial charge in [0.15, 0.2) is 12.6 Å². The van der Waals surface area contributed by atoms with E-state index in [1.54, 1.807) is 0 Å². The summed E-state index contributed by atoms with van der Waals surface area (Å²) in [5.74, 6) is 1.47. The van der Waals surface area contributed by atoms with E-state index in [4.69, 9.17) is 18.9 Å². The van der Waals surface area contributed by atoms with Crippen LogP contribution in [0.2, 0.25) is 0 Å². The quantitative estimate of drug-likeness (QED) is 0.0544. The lowest BCUT2D eigenvalue weighted by atomic mass is 10.1. The molecule has 0 unspecified atom stereocenters. The third kappa shape index (κ3) is 24.8. The van der Waals surface area contributed by atoms with Crippen LogP contribution in [-0.2, 0) is 18.9 Å². The second kappa shape index (κ2) is 30.3. The molecule has 0 aliphatic rings. The van der Waals surface area contributed by atoms with Gasteiger partial charge in [0.25, 0.3) is 0 Å². The van der Waals surface area contributed by atoms with Crippen LogP contribution in [0.3, 0.4) is 0 Å². The SMILES string of the molecule is CCCCCCCCCOC(CCCCC)=C(OCCCCCCCCC)OCOCCCCCC. The molecule has 4 nitrogen and oxygen atoms in total. The van der Waals surface area contributed by atoms with Crippen LogP contribution in [0.25, 0.3) is 0 Å². The van der Waals surface area contributed by atoms with Gasteiger partial charge in [-0.2, -0.15) is 0 Å². The summed E-state index contributed by atoms with van der Waals surface area (Å²) < 4.78 is 24.3. The van der Waals surface area contributed by atoms with E-state index in [1.165, 1.54) is 109 Å². The first-order valence-corrected chi connectivity index (χ1v) is 16.0. The van der Waals surface area contributed by atoms with Crippen LogP contribution in [0.5, 0.6) is 0 Å². The lowest BCUT2D eigenvalue weighted by Gasteiger charge is -2.18. The Kier molecular flexibility index (Phi) is 29.6. The van der Waals surface area contributed by atoms with E-state index in [2.05, 4.69) is 27.7 Å². The van der Waals surface area contributed by atoms with Gasteiger partial charge in [0.05, 0.1) is 19.8 Å². The van der Waals surface area contributed by atoms with Gasteiger partial charge in [0.1, 0.15) is 0 Å². The zero-order valence-electron chi connectivity index (χ0n) is 25.0. The minimum atomic E-state index is 0.247. The third-order valence-electron chi connectivity index (χ3n) is 6.66. The zero-order valence-corrected chi connectivity index (χ0v) is 25.0. The van der Waals surface area contributed by atoms with E-state index in [0.29, 0.717) is 12.6 Å². The van der Waals surface area contributed by atoms with Crippen molar-refractivity contribution in [1.29, 1.82) is 0 Å². The van der Waals surface area contributed by atoms with Crippen LogP contribution in [-0.4, -0.2) is 26.6 Å². The number of unbranched alkanes of at least 4 members (excludes halogenated alkanes) is 17. The molecule has 0 fully saturated rings. The van der Waals surface area contributed by atoms with E-state index in [1.807, 2.05) is 0 Å². The lowest BCUT2D eigenvalue weighted by molar-refractivity contribution is -0.0845. The highest BCUT2D eigenvalue weighted by molar-refractivity contribution is 4.95. The Labute approximate surface area is 226 Å². The van der Waals surface area contributed by atoms with Crippen LogP contribution < -0.4 is 0 Å². The van der Waals surface area contributed by atoms with Gasteiger partial charge in [0, 0.05) is 6.42 Å². The molecule has 0 spiro atoms. The van der Waals surface area contributed by atoms with Crippen molar-refractivity contribution in [2.45, 2.75) is 169 Å². The Bertz CT molecular complexity index is 449. The minimum absolute atomic E-state index is 0.247. The number of hydrogen-bond acceptors (Lipinski definition) is 4. The fourth-order valence-electron chi connectivity index (χ4n) is 4.23. The molecule has 0 bridgehead atoms. The summed E-state index contributed by atoms with van der Waals surface area (Å²) >= 11 is 0. The lowest BCUT2D eigenvalue weighted by Crippen LogP contribution is -2.10. The monoisotopic (exact) mass is 512 g/mol. The highest BCUT2D eigenvalue weighted by Gasteiger charge is 2.13.